The van der Waals surface area contributed by atoms with Crippen LogP contribution < -0.4 is 10.1 Å². The first-order valence-electron chi connectivity index (χ1n) is 10.4. The Balaban J connectivity index is 1.70. The summed E-state index contributed by atoms with van der Waals surface area (Å²) in [6.45, 7) is 0.919. The van der Waals surface area contributed by atoms with Crippen molar-refractivity contribution in [2.24, 2.45) is 0 Å². The van der Waals surface area contributed by atoms with Crippen LogP contribution in [0.5, 0.6) is 5.75 Å². The van der Waals surface area contributed by atoms with Gasteiger partial charge in [0.25, 0.3) is 0 Å². The van der Waals surface area contributed by atoms with E-state index in [-0.39, 0.29) is 28.1 Å². The number of rotatable bonds is 8. The minimum Gasteiger partial charge on any atom is -0.495 e. The molecule has 0 aromatic heterocycles. The van der Waals surface area contributed by atoms with E-state index >= 15 is 0 Å². The van der Waals surface area contributed by atoms with Gasteiger partial charge in [-0.05, 0) is 43.9 Å². The predicted molar refractivity (Wildman–Crippen MR) is 115 cm³/mol. The maximum Gasteiger partial charge on any atom is 0.246 e. The molecule has 1 heterocycles. The van der Waals surface area contributed by atoms with Gasteiger partial charge >= 0.3 is 0 Å². The lowest BCUT2D eigenvalue weighted by Gasteiger charge is -2.26. The lowest BCUT2D eigenvalue weighted by atomic mass is 10.2. The number of nitrogens with zero attached hydrogens (tertiary/aromatic N) is 1. The number of hydrogen-bond donors (Lipinski definition) is 1. The van der Waals surface area contributed by atoms with Crippen molar-refractivity contribution < 1.29 is 26.4 Å². The summed E-state index contributed by atoms with van der Waals surface area (Å²) < 4.78 is 57.5. The van der Waals surface area contributed by atoms with Crippen molar-refractivity contribution in [3.05, 3.63) is 18.2 Å². The van der Waals surface area contributed by atoms with E-state index in [0.717, 1.165) is 32.1 Å². The van der Waals surface area contributed by atoms with Gasteiger partial charge in [-0.1, -0.05) is 19.3 Å². The molecule has 168 valence electrons. The number of methoxy groups -OCH3 is 1. The van der Waals surface area contributed by atoms with Crippen molar-refractivity contribution in [3.8, 4) is 5.75 Å². The summed E-state index contributed by atoms with van der Waals surface area (Å²) in [6.07, 6.45) is 5.63. The van der Waals surface area contributed by atoms with Crippen molar-refractivity contribution in [2.45, 2.75) is 61.5 Å². The zero-order valence-electron chi connectivity index (χ0n) is 17.3. The monoisotopic (exact) mass is 458 g/mol. The van der Waals surface area contributed by atoms with Gasteiger partial charge in [-0.2, -0.15) is 4.31 Å². The fourth-order valence-corrected chi connectivity index (χ4v) is 7.63. The molecule has 0 atom stereocenters. The second-order valence-corrected chi connectivity index (χ2v) is 12.2. The Kier molecular flexibility index (Phi) is 7.41. The Labute approximate surface area is 178 Å². The Morgan fingerprint density at radius 2 is 1.73 bits per heavy atom. The molecule has 1 aromatic rings. The molecule has 0 spiro atoms. The third kappa shape index (κ3) is 5.33. The van der Waals surface area contributed by atoms with Gasteiger partial charge in [-0.25, -0.2) is 16.8 Å². The highest BCUT2D eigenvalue weighted by Gasteiger charge is 2.30. The number of amides is 1. The lowest BCUT2D eigenvalue weighted by molar-refractivity contribution is -0.115. The molecule has 0 bridgehead atoms. The van der Waals surface area contributed by atoms with Crippen LogP contribution in [0.3, 0.4) is 0 Å². The van der Waals surface area contributed by atoms with Gasteiger partial charge in [-0.3, -0.25) is 4.79 Å². The van der Waals surface area contributed by atoms with Gasteiger partial charge in [0.2, 0.25) is 15.9 Å². The van der Waals surface area contributed by atoms with Crippen molar-refractivity contribution >= 4 is 31.5 Å². The highest BCUT2D eigenvalue weighted by atomic mass is 32.2. The first-order valence-corrected chi connectivity index (χ1v) is 13.6. The van der Waals surface area contributed by atoms with Crippen LogP contribution in [0.2, 0.25) is 0 Å². The molecule has 1 N–H and O–H groups in total. The van der Waals surface area contributed by atoms with Crippen molar-refractivity contribution in [1.29, 1.82) is 0 Å². The van der Waals surface area contributed by atoms with E-state index < -0.39 is 25.8 Å². The summed E-state index contributed by atoms with van der Waals surface area (Å²) >= 11 is 0. The number of sulfone groups is 1. The summed E-state index contributed by atoms with van der Waals surface area (Å²) in [7, 11) is -5.64. The van der Waals surface area contributed by atoms with E-state index in [1.807, 2.05) is 0 Å². The zero-order valence-corrected chi connectivity index (χ0v) is 18.9. The van der Waals surface area contributed by atoms with Gasteiger partial charge in [0.05, 0.1) is 18.1 Å². The second-order valence-electron chi connectivity index (χ2n) is 7.90. The van der Waals surface area contributed by atoms with E-state index in [1.165, 1.54) is 23.5 Å². The minimum atomic E-state index is -3.75. The van der Waals surface area contributed by atoms with E-state index in [9.17, 15) is 21.6 Å². The maximum atomic E-state index is 13.1. The molecule has 8 nitrogen and oxygen atoms in total. The van der Waals surface area contributed by atoms with Crippen LogP contribution in [0, 0.1) is 0 Å². The number of ether oxygens (including phenoxy) is 1. The largest absolute Gasteiger partial charge is 0.495 e. The lowest BCUT2D eigenvalue weighted by Crippen LogP contribution is -2.35. The molecule has 30 heavy (non-hydrogen) atoms. The van der Waals surface area contributed by atoms with Gasteiger partial charge in [-0.15, -0.1) is 0 Å². The fourth-order valence-electron chi connectivity index (χ4n) is 4.07. The number of carbonyl (C=O) groups is 1. The number of anilines is 1. The molecule has 2 aliphatic rings. The second kappa shape index (κ2) is 9.65. The summed E-state index contributed by atoms with van der Waals surface area (Å²) in [5.74, 6) is -0.441. The van der Waals surface area contributed by atoms with Gasteiger partial charge < -0.3 is 10.1 Å². The number of hydrogen-bond acceptors (Lipinski definition) is 6. The number of benzene rings is 1. The van der Waals surface area contributed by atoms with Crippen LogP contribution in [-0.4, -0.2) is 58.3 Å². The van der Waals surface area contributed by atoms with Crippen LogP contribution >= 0.6 is 0 Å². The summed E-state index contributed by atoms with van der Waals surface area (Å²) in [5, 5.41) is 2.29. The maximum absolute atomic E-state index is 13.1. The minimum absolute atomic E-state index is 0.00303. The topological polar surface area (TPSA) is 110 Å². The molecule has 1 amide bonds. The Morgan fingerprint density at radius 3 is 2.37 bits per heavy atom. The first kappa shape index (κ1) is 23.0. The Bertz CT molecular complexity index is 963. The highest BCUT2D eigenvalue weighted by molar-refractivity contribution is 7.92. The molecule has 1 aliphatic heterocycles. The van der Waals surface area contributed by atoms with Gasteiger partial charge in [0.1, 0.15) is 10.6 Å². The molecule has 1 saturated carbocycles. The van der Waals surface area contributed by atoms with Crippen molar-refractivity contribution in [1.82, 2.24) is 4.31 Å². The molecule has 1 aromatic carbocycles. The SMILES string of the molecule is COc1ccc(NC(=O)CCS(=O)(=O)C2CCCC2)cc1S(=O)(=O)N1CCCCC1. The van der Waals surface area contributed by atoms with Gasteiger partial charge in [0.15, 0.2) is 9.84 Å². The summed E-state index contributed by atoms with van der Waals surface area (Å²) in [4.78, 5) is 12.3. The molecule has 0 unspecified atom stereocenters. The fraction of sp³-hybridized carbons (Fsp3) is 0.650. The number of nitrogens with one attached hydrogen (secondary N) is 1. The molecular formula is C20H30N2O6S2. The molecule has 3 rings (SSSR count). The molecule has 1 saturated heterocycles. The average Bonchev–Trinajstić information content (AvgIpc) is 3.29. The number of carbonyl (C=O) groups excluding carboxylic acids is 1. The molecule has 1 aliphatic carbocycles. The van der Waals surface area contributed by atoms with Crippen LogP contribution in [0.1, 0.15) is 51.4 Å². The molecule has 2 fully saturated rings. The van der Waals surface area contributed by atoms with E-state index in [2.05, 4.69) is 5.32 Å². The third-order valence-electron chi connectivity index (χ3n) is 5.80. The smallest absolute Gasteiger partial charge is 0.246 e. The zero-order chi connectivity index (χ0) is 21.8. The van der Waals surface area contributed by atoms with Crippen molar-refractivity contribution in [3.63, 3.8) is 0 Å². The van der Waals surface area contributed by atoms with E-state index in [1.54, 1.807) is 6.07 Å². The Hall–Kier alpha value is -1.65. The standard InChI is InChI=1S/C20H30N2O6S2/c1-28-18-10-9-16(15-19(18)30(26,27)22-12-5-2-6-13-22)21-20(23)11-14-29(24,25)17-7-3-4-8-17/h9-10,15,17H,2-8,11-14H2,1H3,(H,21,23). The average molecular weight is 459 g/mol. The highest BCUT2D eigenvalue weighted by Crippen LogP contribution is 2.31. The molecule has 0 radical (unpaired) electrons. The van der Waals surface area contributed by atoms with Crippen LogP contribution in [-0.2, 0) is 24.7 Å². The number of piperidine rings is 1. The third-order valence-corrected chi connectivity index (χ3v) is 9.98. The summed E-state index contributed by atoms with van der Waals surface area (Å²) in [6, 6.07) is 4.44. The van der Waals surface area contributed by atoms with Crippen LogP contribution in [0.15, 0.2) is 23.1 Å². The number of sulfonamides is 1. The molecule has 10 heteroatoms. The Morgan fingerprint density at radius 1 is 1.07 bits per heavy atom. The van der Waals surface area contributed by atoms with Crippen LogP contribution in [0.4, 0.5) is 5.69 Å². The normalized spacial score (nSPS) is 19.0. The quantitative estimate of drug-likeness (QED) is 0.641. The molecular weight excluding hydrogens is 428 g/mol. The summed E-state index contributed by atoms with van der Waals surface area (Å²) in [5.41, 5.74) is 0.301. The van der Waals surface area contributed by atoms with E-state index in [4.69, 9.17) is 4.74 Å². The van der Waals surface area contributed by atoms with Crippen LogP contribution in [0.25, 0.3) is 0 Å². The van der Waals surface area contributed by atoms with Crippen molar-refractivity contribution in [2.75, 3.05) is 31.3 Å². The first-order chi connectivity index (χ1) is 14.2. The van der Waals surface area contributed by atoms with E-state index in [0.29, 0.717) is 31.6 Å². The van der Waals surface area contributed by atoms with Gasteiger partial charge in [0, 0.05) is 25.2 Å². The predicted octanol–water partition coefficient (Wildman–Crippen LogP) is 2.56.